The van der Waals surface area contributed by atoms with E-state index in [1.807, 2.05) is 6.92 Å². The van der Waals surface area contributed by atoms with Gasteiger partial charge < -0.3 is 10.2 Å². The van der Waals surface area contributed by atoms with E-state index in [-0.39, 0.29) is 11.9 Å². The molecular formula is C9H9N3O3. The Kier molecular flexibility index (Phi) is 2.24. The predicted octanol–water partition coefficient (Wildman–Crippen LogP) is 1.22. The molecule has 78 valence electrons. The molecule has 0 saturated carbocycles. The van der Waals surface area contributed by atoms with Gasteiger partial charge in [-0.05, 0) is 19.1 Å². The monoisotopic (exact) mass is 207 g/mol. The number of oxime groups is 1. The number of benzene rings is 1. The predicted molar refractivity (Wildman–Crippen MR) is 53.3 cm³/mol. The van der Waals surface area contributed by atoms with Crippen molar-refractivity contribution in [2.24, 2.45) is 5.16 Å². The average molecular weight is 207 g/mol. The van der Waals surface area contributed by atoms with Gasteiger partial charge in [-0.2, -0.15) is 0 Å². The van der Waals surface area contributed by atoms with Crippen molar-refractivity contribution in [2.75, 3.05) is 0 Å². The Bertz CT molecular complexity index is 413. The van der Waals surface area contributed by atoms with Gasteiger partial charge in [0.05, 0.1) is 4.92 Å². The molecule has 0 amide bonds. The molecule has 1 atom stereocenters. The molecule has 1 N–H and O–H groups in total. The van der Waals surface area contributed by atoms with Crippen LogP contribution in [-0.2, 0) is 4.84 Å². The first-order valence-corrected chi connectivity index (χ1v) is 4.42. The van der Waals surface area contributed by atoms with Gasteiger partial charge >= 0.3 is 0 Å². The topological polar surface area (TPSA) is 76.8 Å². The Morgan fingerprint density at radius 3 is 2.60 bits per heavy atom. The van der Waals surface area contributed by atoms with Gasteiger partial charge in [-0.25, -0.2) is 0 Å². The molecule has 0 saturated heterocycles. The number of hydrogen-bond acceptors (Lipinski definition) is 5. The van der Waals surface area contributed by atoms with Crippen LogP contribution in [0, 0.1) is 10.1 Å². The number of hydrogen-bond donors (Lipinski definition) is 1. The zero-order valence-electron chi connectivity index (χ0n) is 8.01. The van der Waals surface area contributed by atoms with Crippen molar-refractivity contribution in [1.29, 1.82) is 0 Å². The Labute approximate surface area is 85.7 Å². The lowest BCUT2D eigenvalue weighted by Crippen LogP contribution is -2.26. The molecule has 1 unspecified atom stereocenters. The molecule has 0 radical (unpaired) electrons. The second-order valence-electron chi connectivity index (χ2n) is 3.14. The molecule has 0 aliphatic carbocycles. The zero-order chi connectivity index (χ0) is 10.8. The first kappa shape index (κ1) is 9.45. The molecule has 15 heavy (non-hydrogen) atoms. The summed E-state index contributed by atoms with van der Waals surface area (Å²) in [6, 6.07) is 6.13. The lowest BCUT2D eigenvalue weighted by molar-refractivity contribution is -0.384. The number of amidine groups is 1. The number of nitro groups is 1. The third kappa shape index (κ3) is 1.88. The zero-order valence-corrected chi connectivity index (χ0v) is 8.01. The van der Waals surface area contributed by atoms with Crippen LogP contribution in [0.15, 0.2) is 29.4 Å². The number of nitrogens with zero attached hydrogens (tertiary/aromatic N) is 2. The molecule has 0 aromatic heterocycles. The Morgan fingerprint density at radius 2 is 2.13 bits per heavy atom. The van der Waals surface area contributed by atoms with E-state index in [0.29, 0.717) is 5.84 Å². The van der Waals surface area contributed by atoms with Crippen LogP contribution in [-0.4, -0.2) is 17.0 Å². The fourth-order valence-corrected chi connectivity index (χ4v) is 1.25. The lowest BCUT2D eigenvalue weighted by atomic mass is 10.2. The summed E-state index contributed by atoms with van der Waals surface area (Å²) in [5, 5.41) is 17.2. The molecule has 1 aromatic carbocycles. The molecule has 6 heteroatoms. The van der Waals surface area contributed by atoms with Crippen LogP contribution in [0.4, 0.5) is 5.69 Å². The van der Waals surface area contributed by atoms with Crippen molar-refractivity contribution < 1.29 is 9.76 Å². The fraction of sp³-hybridized carbons (Fsp3) is 0.222. The van der Waals surface area contributed by atoms with Gasteiger partial charge in [-0.1, -0.05) is 5.16 Å². The largest absolute Gasteiger partial charge is 0.369 e. The van der Waals surface area contributed by atoms with Gasteiger partial charge in [0.2, 0.25) is 0 Å². The van der Waals surface area contributed by atoms with E-state index in [1.54, 1.807) is 12.1 Å². The van der Waals surface area contributed by atoms with Crippen LogP contribution < -0.4 is 5.32 Å². The fourth-order valence-electron chi connectivity index (χ4n) is 1.25. The van der Waals surface area contributed by atoms with Gasteiger partial charge in [-0.15, -0.1) is 0 Å². The van der Waals surface area contributed by atoms with Crippen molar-refractivity contribution in [3.8, 4) is 0 Å². The van der Waals surface area contributed by atoms with Crippen molar-refractivity contribution in [1.82, 2.24) is 5.32 Å². The van der Waals surface area contributed by atoms with Crippen LogP contribution in [0.5, 0.6) is 0 Å². The first-order valence-electron chi connectivity index (χ1n) is 4.42. The molecule has 0 fully saturated rings. The third-order valence-corrected chi connectivity index (χ3v) is 1.99. The van der Waals surface area contributed by atoms with Crippen LogP contribution in [0.2, 0.25) is 0 Å². The molecule has 1 aliphatic heterocycles. The number of nitrogens with one attached hydrogen (secondary N) is 1. The van der Waals surface area contributed by atoms with Crippen molar-refractivity contribution in [3.05, 3.63) is 39.9 Å². The van der Waals surface area contributed by atoms with Gasteiger partial charge in [0.25, 0.3) is 5.69 Å². The van der Waals surface area contributed by atoms with E-state index in [4.69, 9.17) is 4.84 Å². The molecule has 1 aliphatic rings. The number of non-ortho nitro benzene ring substituents is 1. The SMILES string of the molecule is CC1NC(c2ccc([N+](=O)[O-])cc2)=NO1. The van der Waals surface area contributed by atoms with E-state index in [2.05, 4.69) is 10.5 Å². The Morgan fingerprint density at radius 1 is 1.47 bits per heavy atom. The normalized spacial score (nSPS) is 19.0. The first-order chi connectivity index (χ1) is 7.16. The molecule has 1 aromatic rings. The van der Waals surface area contributed by atoms with E-state index in [0.717, 1.165) is 5.56 Å². The summed E-state index contributed by atoms with van der Waals surface area (Å²) in [4.78, 5) is 14.9. The van der Waals surface area contributed by atoms with Crippen LogP contribution in [0.1, 0.15) is 12.5 Å². The van der Waals surface area contributed by atoms with Crippen LogP contribution in [0.3, 0.4) is 0 Å². The minimum Gasteiger partial charge on any atom is -0.369 e. The highest BCUT2D eigenvalue weighted by Crippen LogP contribution is 2.13. The molecule has 1 heterocycles. The standard InChI is InChI=1S/C9H9N3O3/c1-6-10-9(11-15-6)7-2-4-8(5-3-7)12(13)14/h2-6H,1H3,(H,10,11). The van der Waals surface area contributed by atoms with E-state index in [9.17, 15) is 10.1 Å². The van der Waals surface area contributed by atoms with Crippen LogP contribution >= 0.6 is 0 Å². The highest BCUT2D eigenvalue weighted by Gasteiger charge is 2.16. The maximum atomic E-state index is 10.4. The Balaban J connectivity index is 2.21. The van der Waals surface area contributed by atoms with Crippen molar-refractivity contribution >= 4 is 11.5 Å². The molecule has 6 nitrogen and oxygen atoms in total. The van der Waals surface area contributed by atoms with Crippen molar-refractivity contribution in [2.45, 2.75) is 13.2 Å². The molecule has 2 rings (SSSR count). The van der Waals surface area contributed by atoms with Gasteiger partial charge in [-0.3, -0.25) is 10.1 Å². The van der Waals surface area contributed by atoms with Crippen molar-refractivity contribution in [3.63, 3.8) is 0 Å². The minimum absolute atomic E-state index is 0.0614. The average Bonchev–Trinajstić information content (AvgIpc) is 2.65. The maximum absolute atomic E-state index is 10.4. The second-order valence-corrected chi connectivity index (χ2v) is 3.14. The lowest BCUT2D eigenvalue weighted by Gasteiger charge is -2.02. The van der Waals surface area contributed by atoms with Gasteiger partial charge in [0, 0.05) is 17.7 Å². The molecule has 0 spiro atoms. The smallest absolute Gasteiger partial charge is 0.269 e. The second kappa shape index (κ2) is 3.56. The summed E-state index contributed by atoms with van der Waals surface area (Å²) in [5.41, 5.74) is 0.830. The highest BCUT2D eigenvalue weighted by molar-refractivity contribution is 5.99. The summed E-state index contributed by atoms with van der Waals surface area (Å²) < 4.78 is 0. The van der Waals surface area contributed by atoms with Gasteiger partial charge in [0.15, 0.2) is 12.1 Å². The summed E-state index contributed by atoms with van der Waals surface area (Å²) >= 11 is 0. The molecule has 0 bridgehead atoms. The highest BCUT2D eigenvalue weighted by atomic mass is 16.7. The van der Waals surface area contributed by atoms with E-state index in [1.165, 1.54) is 12.1 Å². The third-order valence-electron chi connectivity index (χ3n) is 1.99. The summed E-state index contributed by atoms with van der Waals surface area (Å²) in [6.45, 7) is 1.82. The summed E-state index contributed by atoms with van der Waals surface area (Å²) in [7, 11) is 0. The summed E-state index contributed by atoms with van der Waals surface area (Å²) in [6.07, 6.45) is -0.157. The van der Waals surface area contributed by atoms with Gasteiger partial charge in [0.1, 0.15) is 0 Å². The Hall–Kier alpha value is -2.11. The van der Waals surface area contributed by atoms with E-state index >= 15 is 0 Å². The molecular weight excluding hydrogens is 198 g/mol. The number of nitro benzene ring substituents is 1. The number of rotatable bonds is 2. The summed E-state index contributed by atoms with van der Waals surface area (Å²) in [5.74, 6) is 0.595. The van der Waals surface area contributed by atoms with E-state index < -0.39 is 4.92 Å². The maximum Gasteiger partial charge on any atom is 0.269 e. The minimum atomic E-state index is -0.438. The quantitative estimate of drug-likeness (QED) is 0.584. The van der Waals surface area contributed by atoms with Crippen LogP contribution in [0.25, 0.3) is 0 Å².